The van der Waals surface area contributed by atoms with Crippen molar-refractivity contribution in [2.75, 3.05) is 10.6 Å². The van der Waals surface area contributed by atoms with E-state index in [1.807, 2.05) is 12.1 Å². The summed E-state index contributed by atoms with van der Waals surface area (Å²) in [5.74, 6) is -1.62. The van der Waals surface area contributed by atoms with E-state index in [4.69, 9.17) is 20.6 Å². The average molecular weight is 541 g/mol. The van der Waals surface area contributed by atoms with Crippen molar-refractivity contribution in [3.8, 4) is 29.5 Å². The molecule has 4 aromatic rings. The van der Waals surface area contributed by atoms with Crippen LogP contribution in [0.2, 0.25) is 0 Å². The number of aromatic nitrogens is 2. The van der Waals surface area contributed by atoms with Gasteiger partial charge in [-0.15, -0.1) is 0 Å². The fraction of sp³-hybridized carbons (Fsp3) is 0.0400. The number of nitriles is 1. The normalized spacial score (nSPS) is 10.2. The molecule has 0 unspecified atom stereocenters. The summed E-state index contributed by atoms with van der Waals surface area (Å²) in [7, 11) is 0. The second-order valence-electron chi connectivity index (χ2n) is 7.90. The molecule has 0 amide bonds. The van der Waals surface area contributed by atoms with Gasteiger partial charge in [-0.25, -0.2) is 0 Å². The van der Waals surface area contributed by atoms with E-state index in [-0.39, 0.29) is 35.1 Å². The number of anilines is 2. The number of ether oxygens (including phenoxy) is 2. The van der Waals surface area contributed by atoms with Gasteiger partial charge in [0.15, 0.2) is 11.7 Å². The van der Waals surface area contributed by atoms with Gasteiger partial charge >= 0.3 is 23.3 Å². The molecule has 0 spiro atoms. The van der Waals surface area contributed by atoms with Crippen molar-refractivity contribution in [3.63, 3.8) is 0 Å². The monoisotopic (exact) mass is 541 g/mol. The number of nitro benzene ring substituents is 1. The Balaban J connectivity index is 1.83. The zero-order chi connectivity index (χ0) is 28.6. The van der Waals surface area contributed by atoms with Crippen molar-refractivity contribution < 1.29 is 19.3 Å². The van der Waals surface area contributed by atoms with Crippen LogP contribution in [-0.2, 0) is 6.54 Å². The van der Waals surface area contributed by atoms with Crippen LogP contribution in [0.4, 0.5) is 22.9 Å². The molecule has 0 saturated heterocycles. The van der Waals surface area contributed by atoms with Gasteiger partial charge in [-0.1, -0.05) is 42.5 Å². The van der Waals surface area contributed by atoms with Gasteiger partial charge in [-0.3, -0.25) is 25.6 Å². The van der Waals surface area contributed by atoms with Crippen LogP contribution in [0.1, 0.15) is 11.1 Å². The lowest BCUT2D eigenvalue weighted by Crippen LogP contribution is -2.20. The van der Waals surface area contributed by atoms with Gasteiger partial charge in [0, 0.05) is 18.7 Å². The highest BCUT2D eigenvalue weighted by molar-refractivity contribution is 5.91. The van der Waals surface area contributed by atoms with E-state index >= 15 is 0 Å². The van der Waals surface area contributed by atoms with Gasteiger partial charge in [-0.2, -0.15) is 15.2 Å². The number of nitrogens with two attached hydrogens (primary N) is 1. The molecule has 1 heterocycles. The Morgan fingerprint density at radius 1 is 0.975 bits per heavy atom. The van der Waals surface area contributed by atoms with E-state index in [2.05, 4.69) is 20.6 Å². The fourth-order valence-electron chi connectivity index (χ4n) is 3.42. The predicted molar refractivity (Wildman–Crippen MR) is 142 cm³/mol. The van der Waals surface area contributed by atoms with Gasteiger partial charge in [0.2, 0.25) is 11.6 Å². The van der Waals surface area contributed by atoms with Gasteiger partial charge in [0.25, 0.3) is 0 Å². The van der Waals surface area contributed by atoms with Gasteiger partial charge in [-0.05, 0) is 23.8 Å². The minimum atomic E-state index is -0.758. The number of para-hydroxylation sites is 2. The molecular weight excluding hydrogens is 522 g/mol. The zero-order valence-corrected chi connectivity index (χ0v) is 20.4. The standard InChI is InChI=1S/C25H19N9O6/c26-13-16-10-11-18(33(35)36)20(12-16)40-25-31-22(29-14-15-6-2-1-3-7-15)21(34(37)38)23(32-25)39-19-9-5-4-8-17(19)30-24(27)28/h1-12H,14H2,(H4,27,28,30)(H,29,31,32). The van der Waals surface area contributed by atoms with Crippen LogP contribution in [0.15, 0.2) is 72.8 Å². The Morgan fingerprint density at radius 2 is 1.70 bits per heavy atom. The fourth-order valence-corrected chi connectivity index (χ4v) is 3.42. The van der Waals surface area contributed by atoms with E-state index in [0.29, 0.717) is 0 Å². The predicted octanol–water partition coefficient (Wildman–Crippen LogP) is 4.67. The van der Waals surface area contributed by atoms with Crippen molar-refractivity contribution in [2.45, 2.75) is 6.54 Å². The molecule has 0 aliphatic carbocycles. The molecule has 0 fully saturated rings. The van der Waals surface area contributed by atoms with Crippen molar-refractivity contribution in [1.29, 1.82) is 10.7 Å². The highest BCUT2D eigenvalue weighted by atomic mass is 16.6. The van der Waals surface area contributed by atoms with Crippen molar-refractivity contribution in [1.82, 2.24) is 9.97 Å². The van der Waals surface area contributed by atoms with E-state index in [1.165, 1.54) is 18.2 Å². The first-order valence-electron chi connectivity index (χ1n) is 11.3. The number of rotatable bonds is 10. The third-order valence-corrected chi connectivity index (χ3v) is 5.17. The summed E-state index contributed by atoms with van der Waals surface area (Å²) in [6.45, 7) is 0.115. The van der Waals surface area contributed by atoms with Crippen LogP contribution in [0.3, 0.4) is 0 Å². The molecule has 3 aromatic carbocycles. The Bertz CT molecular complexity index is 1640. The topological polar surface area (TPSA) is 228 Å². The Hall–Kier alpha value is -6.30. The number of hydrogen-bond donors (Lipinski definition) is 4. The molecule has 4 rings (SSSR count). The van der Waals surface area contributed by atoms with Crippen LogP contribution < -0.4 is 25.8 Å². The smallest absolute Gasteiger partial charge is 0.373 e. The lowest BCUT2D eigenvalue weighted by Gasteiger charge is -2.14. The highest BCUT2D eigenvalue weighted by Crippen LogP contribution is 2.40. The minimum Gasteiger partial charge on any atom is -0.431 e. The number of hydrogen-bond acceptors (Lipinski definition) is 11. The molecule has 15 heteroatoms. The molecule has 40 heavy (non-hydrogen) atoms. The van der Waals surface area contributed by atoms with Crippen molar-refractivity contribution in [3.05, 3.63) is 104 Å². The molecule has 1 aromatic heterocycles. The summed E-state index contributed by atoms with van der Waals surface area (Å²) in [5.41, 5.74) is 5.33. The molecule has 0 saturated carbocycles. The summed E-state index contributed by atoms with van der Waals surface area (Å²) in [5, 5.41) is 45.9. The summed E-state index contributed by atoms with van der Waals surface area (Å²) >= 11 is 0. The summed E-state index contributed by atoms with van der Waals surface area (Å²) in [6, 6.07) is 19.9. The number of nitrogens with zero attached hydrogens (tertiary/aromatic N) is 5. The number of nitrogens with one attached hydrogen (secondary N) is 3. The molecule has 0 aliphatic heterocycles. The molecular formula is C25H19N9O6. The van der Waals surface area contributed by atoms with Gasteiger partial charge in [0.05, 0.1) is 27.2 Å². The van der Waals surface area contributed by atoms with Crippen LogP contribution in [-0.4, -0.2) is 25.8 Å². The number of nitro groups is 2. The summed E-state index contributed by atoms with van der Waals surface area (Å²) < 4.78 is 11.4. The molecule has 0 atom stereocenters. The molecule has 200 valence electrons. The van der Waals surface area contributed by atoms with Crippen LogP contribution in [0.5, 0.6) is 23.4 Å². The van der Waals surface area contributed by atoms with E-state index in [1.54, 1.807) is 36.4 Å². The Kier molecular flexibility index (Phi) is 7.91. The third kappa shape index (κ3) is 6.33. The van der Waals surface area contributed by atoms with Crippen molar-refractivity contribution >= 4 is 28.8 Å². The quantitative estimate of drug-likeness (QED) is 0.0929. The number of benzene rings is 3. The van der Waals surface area contributed by atoms with E-state index in [9.17, 15) is 25.5 Å². The first-order chi connectivity index (χ1) is 19.2. The van der Waals surface area contributed by atoms with Crippen molar-refractivity contribution in [2.24, 2.45) is 5.73 Å². The highest BCUT2D eigenvalue weighted by Gasteiger charge is 2.29. The molecule has 0 aliphatic rings. The SMILES string of the molecule is N#Cc1ccc([N+](=O)[O-])c(Oc2nc(NCc3ccccc3)c([N+](=O)[O-])c(Oc3ccccc3NC(=N)N)n2)c1. The average Bonchev–Trinajstić information content (AvgIpc) is 2.92. The molecule has 5 N–H and O–H groups in total. The van der Waals surface area contributed by atoms with Gasteiger partial charge in [0.1, 0.15) is 0 Å². The molecule has 0 bridgehead atoms. The molecule has 0 radical (unpaired) electrons. The summed E-state index contributed by atoms with van der Waals surface area (Å²) in [4.78, 5) is 30.4. The first-order valence-corrected chi connectivity index (χ1v) is 11.3. The third-order valence-electron chi connectivity index (χ3n) is 5.17. The Labute approximate surface area is 225 Å². The van der Waals surface area contributed by atoms with Crippen LogP contribution >= 0.6 is 0 Å². The maximum atomic E-state index is 12.2. The lowest BCUT2D eigenvalue weighted by atomic mass is 10.2. The Morgan fingerprint density at radius 3 is 2.38 bits per heavy atom. The first kappa shape index (κ1) is 26.8. The second-order valence-corrected chi connectivity index (χ2v) is 7.90. The molecule has 15 nitrogen and oxygen atoms in total. The van der Waals surface area contributed by atoms with Crippen LogP contribution in [0.25, 0.3) is 0 Å². The van der Waals surface area contributed by atoms with Crippen LogP contribution in [0, 0.1) is 37.0 Å². The van der Waals surface area contributed by atoms with Gasteiger partial charge < -0.3 is 25.8 Å². The maximum Gasteiger partial charge on any atom is 0.373 e. The summed E-state index contributed by atoms with van der Waals surface area (Å²) in [6.07, 6.45) is 0. The van der Waals surface area contributed by atoms with E-state index in [0.717, 1.165) is 17.7 Å². The lowest BCUT2D eigenvalue weighted by molar-refractivity contribution is -0.385. The number of guanidine groups is 1. The largest absolute Gasteiger partial charge is 0.431 e. The maximum absolute atomic E-state index is 12.2. The minimum absolute atomic E-state index is 0.0249. The zero-order valence-electron chi connectivity index (χ0n) is 20.4. The second kappa shape index (κ2) is 11.8. The van der Waals surface area contributed by atoms with E-state index < -0.39 is 39.1 Å².